The van der Waals surface area contributed by atoms with Crippen LogP contribution in [-0.2, 0) is 0 Å². The molecule has 0 aliphatic carbocycles. The van der Waals surface area contributed by atoms with Gasteiger partial charge in [-0.15, -0.1) is 0 Å². The van der Waals surface area contributed by atoms with Gasteiger partial charge in [-0.3, -0.25) is 4.57 Å². The molecule has 5 aromatic heterocycles. The van der Waals surface area contributed by atoms with E-state index in [0.717, 1.165) is 132 Å². The summed E-state index contributed by atoms with van der Waals surface area (Å²) >= 11 is 0. The summed E-state index contributed by atoms with van der Waals surface area (Å²) in [6.45, 7) is 4.25. The van der Waals surface area contributed by atoms with Crippen molar-refractivity contribution >= 4 is 87.6 Å². The van der Waals surface area contributed by atoms with Crippen LogP contribution in [0.2, 0.25) is 0 Å². The molecule has 15 rings (SSSR count). The Morgan fingerprint density at radius 1 is 0.329 bits per heavy atom. The summed E-state index contributed by atoms with van der Waals surface area (Å²) < 4.78 is 21.4. The van der Waals surface area contributed by atoms with Gasteiger partial charge in [-0.25, -0.2) is 4.98 Å². The first-order valence-electron chi connectivity index (χ1n) is 24.8. The lowest BCUT2D eigenvalue weighted by Gasteiger charge is -2.13. The number of furan rings is 3. The van der Waals surface area contributed by atoms with Crippen molar-refractivity contribution < 1.29 is 13.3 Å². The molecule has 0 saturated heterocycles. The first-order chi connectivity index (χ1) is 36.1. The molecule has 73 heavy (non-hydrogen) atoms. The van der Waals surface area contributed by atoms with Crippen molar-refractivity contribution in [1.29, 1.82) is 0 Å². The van der Waals surface area contributed by atoms with Gasteiger partial charge in [-0.1, -0.05) is 178 Å². The van der Waals surface area contributed by atoms with E-state index in [4.69, 9.17) is 28.2 Å². The molecule has 7 heteroatoms. The highest BCUT2D eigenvalue weighted by atomic mass is 16.3. The normalized spacial score (nSPS) is 11.8. The van der Waals surface area contributed by atoms with Gasteiger partial charge in [0.2, 0.25) is 5.95 Å². The molecule has 0 aliphatic heterocycles. The average molecular weight is 941 g/mol. The van der Waals surface area contributed by atoms with Crippen LogP contribution in [0.3, 0.4) is 0 Å². The second-order valence-electron chi connectivity index (χ2n) is 18.6. The maximum absolute atomic E-state index is 6.59. The predicted molar refractivity (Wildman–Crippen MR) is 299 cm³/mol. The number of rotatable bonds is 6. The molecule has 0 spiro atoms. The number of benzene rings is 10. The summed E-state index contributed by atoms with van der Waals surface area (Å²) in [6.07, 6.45) is 1.25. The number of hydrogen-bond acceptors (Lipinski definition) is 6. The molecular formula is C66H44N4O3. The van der Waals surface area contributed by atoms with E-state index in [-0.39, 0.29) is 0 Å². The van der Waals surface area contributed by atoms with Crippen molar-refractivity contribution in [2.24, 2.45) is 0 Å². The third kappa shape index (κ3) is 7.00. The maximum atomic E-state index is 6.59. The molecule has 0 unspecified atom stereocenters. The van der Waals surface area contributed by atoms with E-state index >= 15 is 0 Å². The largest absolute Gasteiger partial charge is 0.456 e. The fourth-order valence-corrected chi connectivity index (χ4v) is 10.6. The molecule has 346 valence electrons. The van der Waals surface area contributed by atoms with Gasteiger partial charge in [-0.2, -0.15) is 9.97 Å². The Labute approximate surface area is 419 Å². The van der Waals surface area contributed by atoms with Crippen molar-refractivity contribution in [3.05, 3.63) is 218 Å². The number of para-hydroxylation sites is 5. The first kappa shape index (κ1) is 42.3. The standard InChI is InChI=1S/C63H36N4O3.C3H8/c1-2-13-37(14-3-1)61-64-62(42-27-30-48-45-17-4-7-24-54(45)69-58(48)36-42)66-63(65-61)67-53-31-28-41(44-21-12-23-50-46-18-5-9-26-56(46)70-60(44)50)35-51(53)49-22-11-20-43(59(49)67)40-16-10-15-38(33-40)39-29-32-57-52(34-39)47-19-6-8-25-55(47)68-57;1-3-2/h1-36H;3H2,1-2H3. The van der Waals surface area contributed by atoms with E-state index in [1.165, 1.54) is 6.42 Å². The molecule has 0 amide bonds. The van der Waals surface area contributed by atoms with Crippen LogP contribution in [0.1, 0.15) is 20.3 Å². The Hall–Kier alpha value is -9.59. The second-order valence-corrected chi connectivity index (χ2v) is 18.6. The molecule has 7 nitrogen and oxygen atoms in total. The predicted octanol–water partition coefficient (Wildman–Crippen LogP) is 18.4. The SMILES string of the molecule is CCC.c1ccc(-c2nc(-c3ccc4c(c3)oc3ccccc34)nc(-n3c4ccc(-c5cccc6c5oc5ccccc56)cc4c4cccc(-c5cccc(-c6ccc7oc8ccccc8c7c6)c5)c43)n2)cc1. The topological polar surface area (TPSA) is 83.0 Å². The Morgan fingerprint density at radius 3 is 1.62 bits per heavy atom. The quantitative estimate of drug-likeness (QED) is 0.165. The molecule has 0 radical (unpaired) electrons. The molecule has 0 atom stereocenters. The maximum Gasteiger partial charge on any atom is 0.238 e. The van der Waals surface area contributed by atoms with Crippen LogP contribution in [0.5, 0.6) is 0 Å². The molecule has 5 heterocycles. The summed E-state index contributed by atoms with van der Waals surface area (Å²) in [7, 11) is 0. The van der Waals surface area contributed by atoms with Crippen molar-refractivity contribution in [2.45, 2.75) is 20.3 Å². The summed E-state index contributed by atoms with van der Waals surface area (Å²) in [5.41, 5.74) is 15.1. The lowest BCUT2D eigenvalue weighted by molar-refractivity contribution is 0.668. The van der Waals surface area contributed by atoms with Crippen molar-refractivity contribution in [3.63, 3.8) is 0 Å². The average Bonchev–Trinajstić information content (AvgIpc) is 4.22. The van der Waals surface area contributed by atoms with E-state index in [0.29, 0.717) is 17.6 Å². The summed E-state index contributed by atoms with van der Waals surface area (Å²) in [6, 6.07) is 75.8. The third-order valence-corrected chi connectivity index (χ3v) is 13.9. The minimum absolute atomic E-state index is 0.501. The molecule has 0 fully saturated rings. The summed E-state index contributed by atoms with van der Waals surface area (Å²) in [5, 5.41) is 8.61. The lowest BCUT2D eigenvalue weighted by Crippen LogP contribution is -2.07. The Balaban J connectivity index is 0.00000161. The van der Waals surface area contributed by atoms with Gasteiger partial charge in [0.15, 0.2) is 11.6 Å². The molecule has 10 aromatic carbocycles. The van der Waals surface area contributed by atoms with Crippen molar-refractivity contribution in [3.8, 4) is 62.1 Å². The van der Waals surface area contributed by atoms with Crippen LogP contribution in [0.25, 0.3) is 150 Å². The van der Waals surface area contributed by atoms with E-state index in [2.05, 4.69) is 158 Å². The zero-order valence-electron chi connectivity index (χ0n) is 40.0. The van der Waals surface area contributed by atoms with Crippen LogP contribution in [0.15, 0.2) is 232 Å². The minimum Gasteiger partial charge on any atom is -0.456 e. The number of nitrogens with zero attached hydrogens (tertiary/aromatic N) is 4. The fraction of sp³-hybridized carbons (Fsp3) is 0.0455. The van der Waals surface area contributed by atoms with E-state index in [9.17, 15) is 0 Å². The zero-order chi connectivity index (χ0) is 48.6. The van der Waals surface area contributed by atoms with E-state index in [1.807, 2.05) is 78.9 Å². The Bertz CT molecular complexity index is 4630. The Morgan fingerprint density at radius 2 is 0.836 bits per heavy atom. The number of fused-ring (bicyclic) bond motifs is 12. The monoisotopic (exact) mass is 940 g/mol. The molecule has 0 aliphatic rings. The second kappa shape index (κ2) is 17.1. The van der Waals surface area contributed by atoms with Crippen LogP contribution in [0, 0.1) is 0 Å². The lowest BCUT2D eigenvalue weighted by atomic mass is 9.96. The third-order valence-electron chi connectivity index (χ3n) is 13.9. The van der Waals surface area contributed by atoms with E-state index < -0.39 is 0 Å². The molecule has 0 saturated carbocycles. The van der Waals surface area contributed by atoms with Gasteiger partial charge in [0.25, 0.3) is 0 Å². The van der Waals surface area contributed by atoms with Crippen molar-refractivity contribution in [1.82, 2.24) is 19.5 Å². The molecular weight excluding hydrogens is 897 g/mol. The van der Waals surface area contributed by atoms with Gasteiger partial charge in [-0.05, 0) is 82.9 Å². The summed E-state index contributed by atoms with van der Waals surface area (Å²) in [5.74, 6) is 1.60. The summed E-state index contributed by atoms with van der Waals surface area (Å²) in [4.78, 5) is 15.9. The highest BCUT2D eigenvalue weighted by molar-refractivity contribution is 6.16. The van der Waals surface area contributed by atoms with Gasteiger partial charge in [0, 0.05) is 65.3 Å². The van der Waals surface area contributed by atoms with Crippen LogP contribution >= 0.6 is 0 Å². The number of hydrogen-bond donors (Lipinski definition) is 0. The van der Waals surface area contributed by atoms with E-state index in [1.54, 1.807) is 0 Å². The van der Waals surface area contributed by atoms with Gasteiger partial charge in [0.1, 0.15) is 33.5 Å². The van der Waals surface area contributed by atoms with Crippen LogP contribution < -0.4 is 0 Å². The highest BCUT2D eigenvalue weighted by Gasteiger charge is 2.23. The van der Waals surface area contributed by atoms with Crippen molar-refractivity contribution in [2.75, 3.05) is 0 Å². The van der Waals surface area contributed by atoms with Crippen LogP contribution in [-0.4, -0.2) is 19.5 Å². The molecule has 0 bridgehead atoms. The van der Waals surface area contributed by atoms with Gasteiger partial charge in [0.05, 0.1) is 11.0 Å². The van der Waals surface area contributed by atoms with Gasteiger partial charge < -0.3 is 13.3 Å². The Kier molecular flexibility index (Phi) is 9.89. The van der Waals surface area contributed by atoms with Crippen LogP contribution in [0.4, 0.5) is 0 Å². The first-order valence-corrected chi connectivity index (χ1v) is 24.8. The minimum atomic E-state index is 0.501. The number of aromatic nitrogens is 4. The van der Waals surface area contributed by atoms with Gasteiger partial charge >= 0.3 is 0 Å². The molecule has 0 N–H and O–H groups in total. The molecule has 15 aromatic rings. The zero-order valence-corrected chi connectivity index (χ0v) is 40.0. The fourth-order valence-electron chi connectivity index (χ4n) is 10.6. The smallest absolute Gasteiger partial charge is 0.238 e. The highest BCUT2D eigenvalue weighted by Crippen LogP contribution is 2.43.